The van der Waals surface area contributed by atoms with E-state index in [1.807, 2.05) is 16.8 Å². The largest absolute Gasteiger partial charge is 0.465 e. The maximum absolute atomic E-state index is 12.2. The minimum absolute atomic E-state index is 0.00811. The Morgan fingerprint density at radius 2 is 1.88 bits per heavy atom. The number of hydrogen-bond acceptors (Lipinski definition) is 6. The van der Waals surface area contributed by atoms with E-state index in [4.69, 9.17) is 4.42 Å². The summed E-state index contributed by atoms with van der Waals surface area (Å²) < 4.78 is 10.2. The van der Waals surface area contributed by atoms with Gasteiger partial charge in [-0.1, -0.05) is 0 Å². The number of furan rings is 1. The fourth-order valence-corrected chi connectivity index (χ4v) is 3.00. The van der Waals surface area contributed by atoms with E-state index in [0.29, 0.717) is 22.6 Å². The molecule has 2 N–H and O–H groups in total. The van der Waals surface area contributed by atoms with Crippen molar-refractivity contribution in [2.75, 3.05) is 13.7 Å². The Labute approximate surface area is 154 Å². The summed E-state index contributed by atoms with van der Waals surface area (Å²) in [5.74, 6) is 0.231. The molecule has 7 heteroatoms. The molecule has 1 unspecified atom stereocenters. The number of amides is 1. The van der Waals surface area contributed by atoms with E-state index in [1.165, 1.54) is 31.4 Å². The first-order valence-electron chi connectivity index (χ1n) is 7.85. The Bertz CT molecular complexity index is 883. The van der Waals surface area contributed by atoms with Crippen LogP contribution in [-0.4, -0.2) is 30.6 Å². The highest BCUT2D eigenvalue weighted by Crippen LogP contribution is 2.26. The minimum atomic E-state index is -0.958. The molecule has 2 heterocycles. The van der Waals surface area contributed by atoms with Crippen molar-refractivity contribution < 1.29 is 23.8 Å². The molecule has 0 fully saturated rings. The molecule has 0 radical (unpaired) electrons. The third kappa shape index (κ3) is 4.01. The van der Waals surface area contributed by atoms with Crippen molar-refractivity contribution in [2.45, 2.75) is 6.10 Å². The van der Waals surface area contributed by atoms with Gasteiger partial charge in [-0.3, -0.25) is 4.79 Å². The number of nitrogens with one attached hydrogen (secondary N) is 1. The fourth-order valence-electron chi connectivity index (χ4n) is 2.36. The topological polar surface area (TPSA) is 88.8 Å². The Balaban J connectivity index is 1.58. The second kappa shape index (κ2) is 7.99. The summed E-state index contributed by atoms with van der Waals surface area (Å²) in [5, 5.41) is 16.7. The number of ether oxygens (including phenoxy) is 1. The monoisotopic (exact) mass is 371 g/mol. The van der Waals surface area contributed by atoms with E-state index >= 15 is 0 Å². The summed E-state index contributed by atoms with van der Waals surface area (Å²) in [4.78, 5) is 23.5. The van der Waals surface area contributed by atoms with Gasteiger partial charge >= 0.3 is 5.97 Å². The van der Waals surface area contributed by atoms with Crippen molar-refractivity contribution >= 4 is 23.2 Å². The molecular formula is C19H17NO5S. The Morgan fingerprint density at radius 1 is 1.15 bits per heavy atom. The van der Waals surface area contributed by atoms with Gasteiger partial charge in [0.1, 0.15) is 17.6 Å². The van der Waals surface area contributed by atoms with Gasteiger partial charge in [0.15, 0.2) is 0 Å². The van der Waals surface area contributed by atoms with Crippen LogP contribution in [0.1, 0.15) is 32.6 Å². The Kier molecular flexibility index (Phi) is 5.50. The molecule has 134 valence electrons. The second-order valence-corrected chi connectivity index (χ2v) is 6.29. The van der Waals surface area contributed by atoms with Crippen LogP contribution in [0.5, 0.6) is 0 Å². The van der Waals surface area contributed by atoms with Crippen molar-refractivity contribution in [2.24, 2.45) is 0 Å². The molecule has 0 bridgehead atoms. The molecule has 2 aromatic heterocycles. The van der Waals surface area contributed by atoms with E-state index in [9.17, 15) is 14.7 Å². The summed E-state index contributed by atoms with van der Waals surface area (Å²) in [6.07, 6.45) is -0.958. The zero-order valence-electron chi connectivity index (χ0n) is 14.0. The lowest BCUT2D eigenvalue weighted by Crippen LogP contribution is -2.28. The van der Waals surface area contributed by atoms with Gasteiger partial charge < -0.3 is 19.6 Å². The van der Waals surface area contributed by atoms with Crippen LogP contribution in [0.25, 0.3) is 11.3 Å². The number of hydrogen-bond donors (Lipinski definition) is 2. The number of benzene rings is 1. The number of carbonyl (C=O) groups excluding carboxylic acids is 2. The van der Waals surface area contributed by atoms with Gasteiger partial charge in [-0.25, -0.2) is 4.79 Å². The number of thiophene rings is 1. The minimum Gasteiger partial charge on any atom is -0.465 e. The first-order chi connectivity index (χ1) is 12.6. The van der Waals surface area contributed by atoms with Crippen LogP contribution in [-0.2, 0) is 4.74 Å². The van der Waals surface area contributed by atoms with Crippen LogP contribution in [0.15, 0.2) is 57.6 Å². The molecule has 0 saturated carbocycles. The number of rotatable bonds is 6. The van der Waals surface area contributed by atoms with Gasteiger partial charge in [-0.15, -0.1) is 0 Å². The second-order valence-electron chi connectivity index (χ2n) is 5.51. The molecule has 1 atom stereocenters. The highest BCUT2D eigenvalue weighted by molar-refractivity contribution is 7.08. The summed E-state index contributed by atoms with van der Waals surface area (Å²) in [7, 11) is 1.29. The van der Waals surface area contributed by atoms with Gasteiger partial charge in [0.05, 0.1) is 19.2 Å². The third-order valence-electron chi connectivity index (χ3n) is 3.79. The van der Waals surface area contributed by atoms with Gasteiger partial charge in [-0.2, -0.15) is 11.3 Å². The van der Waals surface area contributed by atoms with E-state index in [2.05, 4.69) is 10.1 Å². The number of esters is 1. The van der Waals surface area contributed by atoms with Crippen molar-refractivity contribution in [3.63, 3.8) is 0 Å². The molecule has 0 aliphatic heterocycles. The summed E-state index contributed by atoms with van der Waals surface area (Å²) >= 11 is 1.56. The van der Waals surface area contributed by atoms with Crippen molar-refractivity contribution in [1.29, 1.82) is 0 Å². The summed E-state index contributed by atoms with van der Waals surface area (Å²) in [6, 6.07) is 11.5. The molecule has 3 rings (SSSR count). The van der Waals surface area contributed by atoms with Crippen molar-refractivity contribution in [3.8, 4) is 11.3 Å². The molecule has 1 amide bonds. The normalized spacial score (nSPS) is 11.8. The lowest BCUT2D eigenvalue weighted by Gasteiger charge is -2.10. The van der Waals surface area contributed by atoms with Gasteiger partial charge in [-0.05, 0) is 47.8 Å². The molecular weight excluding hydrogens is 354 g/mol. The zero-order valence-corrected chi connectivity index (χ0v) is 14.8. The molecule has 1 aromatic carbocycles. The van der Waals surface area contributed by atoms with Crippen molar-refractivity contribution in [1.82, 2.24) is 5.32 Å². The van der Waals surface area contributed by atoms with Gasteiger partial charge in [0, 0.05) is 16.5 Å². The smallest absolute Gasteiger partial charge is 0.337 e. The van der Waals surface area contributed by atoms with E-state index in [0.717, 1.165) is 5.56 Å². The lowest BCUT2D eigenvalue weighted by molar-refractivity contribution is 0.0600. The first-order valence-corrected chi connectivity index (χ1v) is 8.79. The quantitative estimate of drug-likeness (QED) is 0.649. The van der Waals surface area contributed by atoms with Gasteiger partial charge in [0.25, 0.3) is 5.91 Å². The lowest BCUT2D eigenvalue weighted by atomic mass is 10.1. The maximum atomic E-state index is 12.2. The summed E-state index contributed by atoms with van der Waals surface area (Å²) in [6.45, 7) is 0.00811. The highest BCUT2D eigenvalue weighted by atomic mass is 32.1. The Morgan fingerprint density at radius 3 is 2.54 bits per heavy atom. The average Bonchev–Trinajstić information content (AvgIpc) is 3.36. The van der Waals surface area contributed by atoms with Crippen LogP contribution in [0, 0.1) is 0 Å². The van der Waals surface area contributed by atoms with Crippen molar-refractivity contribution in [3.05, 3.63) is 70.1 Å². The predicted molar refractivity (Wildman–Crippen MR) is 97.1 cm³/mol. The van der Waals surface area contributed by atoms with E-state index in [-0.39, 0.29) is 12.5 Å². The van der Waals surface area contributed by atoms with Gasteiger partial charge in [0.2, 0.25) is 0 Å². The molecule has 6 nitrogen and oxygen atoms in total. The first kappa shape index (κ1) is 17.9. The molecule has 0 spiro atoms. The van der Waals surface area contributed by atoms with Crippen LogP contribution in [0.3, 0.4) is 0 Å². The third-order valence-corrected chi connectivity index (χ3v) is 4.47. The maximum Gasteiger partial charge on any atom is 0.337 e. The average molecular weight is 371 g/mol. The predicted octanol–water partition coefficient (Wildman–Crippen LogP) is 3.26. The van der Waals surface area contributed by atoms with Crippen LogP contribution < -0.4 is 5.32 Å². The molecule has 0 aliphatic carbocycles. The summed E-state index contributed by atoms with van der Waals surface area (Å²) in [5.41, 5.74) is 1.69. The Hall–Kier alpha value is -2.90. The van der Waals surface area contributed by atoms with Crippen LogP contribution in [0.2, 0.25) is 0 Å². The van der Waals surface area contributed by atoms with Crippen LogP contribution >= 0.6 is 11.3 Å². The highest BCUT2D eigenvalue weighted by Gasteiger charge is 2.16. The van der Waals surface area contributed by atoms with E-state index < -0.39 is 12.1 Å². The molecule has 0 aliphatic rings. The number of aliphatic hydroxyl groups excluding tert-OH is 1. The fraction of sp³-hybridized carbons (Fsp3) is 0.158. The molecule has 0 saturated heterocycles. The molecule has 26 heavy (non-hydrogen) atoms. The zero-order chi connectivity index (χ0) is 18.5. The van der Waals surface area contributed by atoms with Crippen LogP contribution in [0.4, 0.5) is 0 Å². The standard InChI is InChI=1S/C19H17NO5S/c1-24-19(23)13-4-2-12(3-5-13)18(22)20-10-15(21)17-7-6-16(25-17)14-8-9-26-11-14/h2-9,11,15,21H,10H2,1H3,(H,20,22). The SMILES string of the molecule is COC(=O)c1ccc(C(=O)NCC(O)c2ccc(-c3ccsc3)o2)cc1. The number of methoxy groups -OCH3 is 1. The van der Waals surface area contributed by atoms with E-state index in [1.54, 1.807) is 23.5 Å². The number of aliphatic hydroxyl groups is 1. The number of carbonyl (C=O) groups is 2. The molecule has 3 aromatic rings.